The van der Waals surface area contributed by atoms with E-state index >= 15 is 0 Å². The third-order valence-corrected chi connectivity index (χ3v) is 2.21. The average molecular weight is 172 g/mol. The molecule has 1 saturated heterocycles. The molecule has 2 unspecified atom stereocenters. The summed E-state index contributed by atoms with van der Waals surface area (Å²) in [5.41, 5.74) is 0. The minimum Gasteiger partial charge on any atom is -0.462 e. The summed E-state index contributed by atoms with van der Waals surface area (Å²) in [6.45, 7) is 1.93. The molecule has 0 aromatic rings. The number of cyclic esters (lactones) is 1. The van der Waals surface area contributed by atoms with Gasteiger partial charge in [-0.15, -0.1) is 0 Å². The summed E-state index contributed by atoms with van der Waals surface area (Å²) in [4.78, 5) is 10.8. The van der Waals surface area contributed by atoms with Crippen molar-refractivity contribution in [2.45, 2.75) is 51.2 Å². The molecule has 1 aliphatic heterocycles. The molecule has 0 spiro atoms. The minimum absolute atomic E-state index is 0.0406. The van der Waals surface area contributed by atoms with Crippen LogP contribution in [0.3, 0.4) is 0 Å². The van der Waals surface area contributed by atoms with Gasteiger partial charge in [0.25, 0.3) is 0 Å². The van der Waals surface area contributed by atoms with E-state index in [9.17, 15) is 9.90 Å². The molecule has 2 atom stereocenters. The maximum atomic E-state index is 10.8. The molecule has 0 saturated carbocycles. The molecule has 3 heteroatoms. The number of carbonyl (C=O) groups excluding carboxylic acids is 1. The first-order valence-electron chi connectivity index (χ1n) is 4.60. The summed E-state index contributed by atoms with van der Waals surface area (Å²) >= 11 is 0. The second-order valence-electron chi connectivity index (χ2n) is 3.30. The van der Waals surface area contributed by atoms with Gasteiger partial charge >= 0.3 is 5.97 Å². The van der Waals surface area contributed by atoms with E-state index < -0.39 is 0 Å². The van der Waals surface area contributed by atoms with Crippen LogP contribution in [0.25, 0.3) is 0 Å². The van der Waals surface area contributed by atoms with E-state index in [1.54, 1.807) is 0 Å². The largest absolute Gasteiger partial charge is 0.462 e. The topological polar surface area (TPSA) is 46.5 Å². The highest BCUT2D eigenvalue weighted by Gasteiger charge is 2.22. The fourth-order valence-electron chi connectivity index (χ4n) is 1.41. The molecule has 0 amide bonds. The summed E-state index contributed by atoms with van der Waals surface area (Å²) in [7, 11) is 0. The number of esters is 1. The van der Waals surface area contributed by atoms with Gasteiger partial charge in [-0.25, -0.2) is 0 Å². The zero-order chi connectivity index (χ0) is 8.97. The zero-order valence-corrected chi connectivity index (χ0v) is 7.45. The van der Waals surface area contributed by atoms with E-state index in [1.165, 1.54) is 0 Å². The number of carbonyl (C=O) groups is 1. The van der Waals surface area contributed by atoms with Gasteiger partial charge in [-0.05, 0) is 19.3 Å². The van der Waals surface area contributed by atoms with Crippen LogP contribution in [0, 0.1) is 0 Å². The predicted octanol–water partition coefficient (Wildman–Crippen LogP) is 1.24. The molecule has 0 bridgehead atoms. The van der Waals surface area contributed by atoms with Crippen molar-refractivity contribution in [2.24, 2.45) is 0 Å². The molecule has 0 aromatic carbocycles. The summed E-state index contributed by atoms with van der Waals surface area (Å²) in [5.74, 6) is -0.116. The summed E-state index contributed by atoms with van der Waals surface area (Å²) in [5, 5.41) is 9.31. The van der Waals surface area contributed by atoms with Crippen LogP contribution >= 0.6 is 0 Å². The highest BCUT2D eigenvalue weighted by atomic mass is 16.5. The average Bonchev–Trinajstić information content (AvgIpc) is 2.04. The Morgan fingerprint density at radius 2 is 2.50 bits per heavy atom. The van der Waals surface area contributed by atoms with E-state index in [0.29, 0.717) is 12.8 Å². The molecule has 1 aliphatic rings. The van der Waals surface area contributed by atoms with Crippen LogP contribution in [0.15, 0.2) is 0 Å². The van der Waals surface area contributed by atoms with Crippen molar-refractivity contribution in [3.8, 4) is 0 Å². The number of hydrogen-bond acceptors (Lipinski definition) is 3. The molecule has 0 aliphatic carbocycles. The van der Waals surface area contributed by atoms with Gasteiger partial charge in [-0.1, -0.05) is 6.92 Å². The SMILES string of the molecule is CCC(O)CC1CCCC(=O)O1. The minimum atomic E-state index is -0.319. The molecule has 1 heterocycles. The van der Waals surface area contributed by atoms with Gasteiger partial charge in [0.1, 0.15) is 6.10 Å². The summed E-state index contributed by atoms with van der Waals surface area (Å²) in [6.07, 6.45) is 3.32. The molecule has 12 heavy (non-hydrogen) atoms. The fraction of sp³-hybridized carbons (Fsp3) is 0.889. The highest BCUT2D eigenvalue weighted by Crippen LogP contribution is 2.18. The lowest BCUT2D eigenvalue weighted by Gasteiger charge is -2.23. The highest BCUT2D eigenvalue weighted by molar-refractivity contribution is 5.70. The van der Waals surface area contributed by atoms with Gasteiger partial charge < -0.3 is 9.84 Å². The van der Waals surface area contributed by atoms with Crippen LogP contribution in [0.2, 0.25) is 0 Å². The first kappa shape index (κ1) is 9.52. The summed E-state index contributed by atoms with van der Waals surface area (Å²) < 4.78 is 5.06. The van der Waals surface area contributed by atoms with Crippen LogP contribution in [0.4, 0.5) is 0 Å². The third kappa shape index (κ3) is 2.81. The molecule has 3 nitrogen and oxygen atoms in total. The predicted molar refractivity (Wildman–Crippen MR) is 44.6 cm³/mol. The lowest BCUT2D eigenvalue weighted by molar-refractivity contribution is -0.155. The molecule has 0 radical (unpaired) electrons. The smallest absolute Gasteiger partial charge is 0.306 e. The Labute approximate surface area is 72.7 Å². The van der Waals surface area contributed by atoms with E-state index in [1.807, 2.05) is 6.92 Å². The lowest BCUT2D eigenvalue weighted by atomic mass is 10.0. The van der Waals surface area contributed by atoms with Crippen molar-refractivity contribution in [1.29, 1.82) is 0 Å². The quantitative estimate of drug-likeness (QED) is 0.651. The first-order valence-corrected chi connectivity index (χ1v) is 4.60. The van der Waals surface area contributed by atoms with Crippen molar-refractivity contribution in [3.05, 3.63) is 0 Å². The van der Waals surface area contributed by atoms with Crippen LogP contribution in [-0.2, 0) is 9.53 Å². The van der Waals surface area contributed by atoms with Crippen LogP contribution in [0.1, 0.15) is 39.0 Å². The van der Waals surface area contributed by atoms with Crippen LogP contribution < -0.4 is 0 Å². The van der Waals surface area contributed by atoms with Crippen LogP contribution in [0.5, 0.6) is 0 Å². The number of aliphatic hydroxyl groups is 1. The normalized spacial score (nSPS) is 26.5. The maximum Gasteiger partial charge on any atom is 0.306 e. The van der Waals surface area contributed by atoms with E-state index in [2.05, 4.69) is 0 Å². The Hall–Kier alpha value is -0.570. The Morgan fingerprint density at radius 3 is 3.08 bits per heavy atom. The maximum absolute atomic E-state index is 10.8. The van der Waals surface area contributed by atoms with Crippen LogP contribution in [-0.4, -0.2) is 23.3 Å². The van der Waals surface area contributed by atoms with Gasteiger partial charge in [-0.2, -0.15) is 0 Å². The second kappa shape index (κ2) is 4.45. The molecular weight excluding hydrogens is 156 g/mol. The monoisotopic (exact) mass is 172 g/mol. The van der Waals surface area contributed by atoms with E-state index in [4.69, 9.17) is 4.74 Å². The number of aliphatic hydroxyl groups excluding tert-OH is 1. The Kier molecular flexibility index (Phi) is 3.53. The van der Waals surface area contributed by atoms with Gasteiger partial charge in [0.05, 0.1) is 6.10 Å². The van der Waals surface area contributed by atoms with Gasteiger partial charge in [0.15, 0.2) is 0 Å². The van der Waals surface area contributed by atoms with E-state index in [0.717, 1.165) is 19.3 Å². The number of hydrogen-bond donors (Lipinski definition) is 1. The standard InChI is InChI=1S/C9H16O3/c1-2-7(10)6-8-4-3-5-9(11)12-8/h7-8,10H,2-6H2,1H3. The van der Waals surface area contributed by atoms with Gasteiger partial charge in [-0.3, -0.25) is 4.79 Å². The molecule has 1 N–H and O–H groups in total. The Balaban J connectivity index is 2.27. The van der Waals surface area contributed by atoms with Crippen molar-refractivity contribution >= 4 is 5.97 Å². The van der Waals surface area contributed by atoms with E-state index in [-0.39, 0.29) is 18.2 Å². The third-order valence-electron chi connectivity index (χ3n) is 2.21. The number of ether oxygens (including phenoxy) is 1. The van der Waals surface area contributed by atoms with Crippen molar-refractivity contribution in [2.75, 3.05) is 0 Å². The molecule has 1 fully saturated rings. The van der Waals surface area contributed by atoms with Crippen molar-refractivity contribution in [1.82, 2.24) is 0 Å². The second-order valence-corrected chi connectivity index (χ2v) is 3.30. The first-order chi connectivity index (χ1) is 5.72. The van der Waals surface area contributed by atoms with Crippen molar-refractivity contribution in [3.63, 3.8) is 0 Å². The Bertz CT molecular complexity index is 156. The lowest BCUT2D eigenvalue weighted by Crippen LogP contribution is -2.27. The zero-order valence-electron chi connectivity index (χ0n) is 7.45. The van der Waals surface area contributed by atoms with Gasteiger partial charge in [0.2, 0.25) is 0 Å². The molecular formula is C9H16O3. The number of rotatable bonds is 3. The summed E-state index contributed by atoms with van der Waals surface area (Å²) in [6, 6.07) is 0. The van der Waals surface area contributed by atoms with Gasteiger partial charge in [0, 0.05) is 12.8 Å². The van der Waals surface area contributed by atoms with Crippen molar-refractivity contribution < 1.29 is 14.6 Å². The molecule has 70 valence electrons. The Morgan fingerprint density at radius 1 is 1.75 bits per heavy atom. The fourth-order valence-corrected chi connectivity index (χ4v) is 1.41. The molecule has 0 aromatic heterocycles. The molecule has 1 rings (SSSR count).